The van der Waals surface area contributed by atoms with Crippen molar-refractivity contribution in [2.75, 3.05) is 26.3 Å². The summed E-state index contributed by atoms with van der Waals surface area (Å²) in [4.78, 5) is 0. The molecule has 0 aromatic heterocycles. The molecule has 0 saturated heterocycles. The van der Waals surface area contributed by atoms with Crippen molar-refractivity contribution in [3.63, 3.8) is 0 Å². The highest BCUT2D eigenvalue weighted by molar-refractivity contribution is 4.64. The zero-order valence-corrected chi connectivity index (χ0v) is 11.4. The first-order valence-corrected chi connectivity index (χ1v) is 5.99. The zero-order valence-electron chi connectivity index (χ0n) is 11.4. The van der Waals surface area contributed by atoms with Gasteiger partial charge in [-0.3, -0.25) is 0 Å². The average Bonchev–Trinajstić information content (AvgIpc) is 1.98. The van der Waals surface area contributed by atoms with Crippen molar-refractivity contribution in [2.24, 2.45) is 10.8 Å². The van der Waals surface area contributed by atoms with Crippen LogP contribution in [0.2, 0.25) is 0 Å². The number of hydrogen-bond donors (Lipinski definition) is 1. The van der Waals surface area contributed by atoms with Crippen molar-refractivity contribution < 1.29 is 4.74 Å². The molecule has 0 atom stereocenters. The Bertz CT molecular complexity index is 135. The lowest BCUT2D eigenvalue weighted by atomic mass is 9.93. The molecule has 0 rings (SSSR count). The summed E-state index contributed by atoms with van der Waals surface area (Å²) in [6, 6.07) is 0. The average molecular weight is 215 g/mol. The molecular weight excluding hydrogens is 186 g/mol. The lowest BCUT2D eigenvalue weighted by molar-refractivity contribution is 0.109. The maximum atomic E-state index is 5.56. The van der Waals surface area contributed by atoms with Crippen molar-refractivity contribution in [3.05, 3.63) is 0 Å². The molecule has 0 radical (unpaired) electrons. The van der Waals surface area contributed by atoms with E-state index in [0.29, 0.717) is 10.8 Å². The van der Waals surface area contributed by atoms with Gasteiger partial charge >= 0.3 is 0 Å². The van der Waals surface area contributed by atoms with Gasteiger partial charge in [0.15, 0.2) is 0 Å². The Kier molecular flexibility index (Phi) is 6.46. The van der Waals surface area contributed by atoms with Crippen LogP contribution in [0.15, 0.2) is 0 Å². The van der Waals surface area contributed by atoms with Crippen LogP contribution >= 0.6 is 0 Å². The summed E-state index contributed by atoms with van der Waals surface area (Å²) in [6.07, 6.45) is 1.13. The van der Waals surface area contributed by atoms with Gasteiger partial charge in [-0.2, -0.15) is 0 Å². The zero-order chi connectivity index (χ0) is 11.9. The van der Waals surface area contributed by atoms with E-state index in [1.54, 1.807) is 0 Å². The van der Waals surface area contributed by atoms with Crippen LogP contribution in [0.3, 0.4) is 0 Å². The number of nitrogens with one attached hydrogen (secondary N) is 1. The van der Waals surface area contributed by atoms with Crippen molar-refractivity contribution in [3.8, 4) is 0 Å². The van der Waals surface area contributed by atoms with Crippen LogP contribution in [-0.4, -0.2) is 26.3 Å². The van der Waals surface area contributed by atoms with E-state index in [4.69, 9.17) is 4.74 Å². The Labute approximate surface area is 95.8 Å². The van der Waals surface area contributed by atoms with Crippen LogP contribution in [0.25, 0.3) is 0 Å². The first-order chi connectivity index (χ1) is 6.71. The minimum atomic E-state index is 0.366. The van der Waals surface area contributed by atoms with Crippen LogP contribution < -0.4 is 5.32 Å². The molecule has 0 amide bonds. The van der Waals surface area contributed by atoms with E-state index in [9.17, 15) is 0 Å². The van der Waals surface area contributed by atoms with Crippen LogP contribution in [0.4, 0.5) is 0 Å². The maximum Gasteiger partial charge on any atom is 0.0590 e. The normalized spacial score (nSPS) is 13.2. The first kappa shape index (κ1) is 14.9. The Hall–Kier alpha value is -0.0800. The van der Waals surface area contributed by atoms with Gasteiger partial charge in [-0.05, 0) is 17.3 Å². The fourth-order valence-corrected chi connectivity index (χ4v) is 1.09. The van der Waals surface area contributed by atoms with E-state index < -0.39 is 0 Å². The highest BCUT2D eigenvalue weighted by atomic mass is 16.5. The lowest BCUT2D eigenvalue weighted by Crippen LogP contribution is -2.29. The van der Waals surface area contributed by atoms with Crippen molar-refractivity contribution >= 4 is 0 Å². The third kappa shape index (κ3) is 13.9. The molecule has 0 aromatic rings. The Morgan fingerprint density at radius 3 is 1.93 bits per heavy atom. The van der Waals surface area contributed by atoms with Gasteiger partial charge < -0.3 is 10.1 Å². The van der Waals surface area contributed by atoms with E-state index in [1.165, 1.54) is 0 Å². The molecule has 0 fully saturated rings. The van der Waals surface area contributed by atoms with Gasteiger partial charge in [-0.25, -0.2) is 0 Å². The van der Waals surface area contributed by atoms with Crippen LogP contribution in [-0.2, 0) is 4.74 Å². The minimum absolute atomic E-state index is 0.366. The fraction of sp³-hybridized carbons (Fsp3) is 1.00. The van der Waals surface area contributed by atoms with Gasteiger partial charge in [-0.15, -0.1) is 0 Å². The van der Waals surface area contributed by atoms with E-state index >= 15 is 0 Å². The number of rotatable bonds is 6. The second-order valence-electron chi connectivity index (χ2n) is 6.66. The molecule has 0 aliphatic carbocycles. The number of hydrogen-bond acceptors (Lipinski definition) is 2. The van der Waals surface area contributed by atoms with Crippen LogP contribution in [0.1, 0.15) is 48.0 Å². The third-order valence-corrected chi connectivity index (χ3v) is 2.07. The Balaban J connectivity index is 3.20. The Morgan fingerprint density at radius 2 is 1.47 bits per heavy atom. The summed E-state index contributed by atoms with van der Waals surface area (Å²) >= 11 is 0. The van der Waals surface area contributed by atoms with Crippen molar-refractivity contribution in [2.45, 2.75) is 48.0 Å². The molecule has 0 heterocycles. The topological polar surface area (TPSA) is 21.3 Å². The van der Waals surface area contributed by atoms with Crippen LogP contribution in [0.5, 0.6) is 0 Å². The monoisotopic (exact) mass is 215 g/mol. The molecule has 0 saturated carbocycles. The molecule has 0 aromatic carbocycles. The molecule has 15 heavy (non-hydrogen) atoms. The highest BCUT2D eigenvalue weighted by Gasteiger charge is 2.10. The van der Waals surface area contributed by atoms with Gasteiger partial charge in [0.1, 0.15) is 0 Å². The lowest BCUT2D eigenvalue weighted by Gasteiger charge is -2.19. The second kappa shape index (κ2) is 6.49. The molecule has 0 spiro atoms. The summed E-state index contributed by atoms with van der Waals surface area (Å²) in [5.41, 5.74) is 0.754. The molecule has 92 valence electrons. The summed E-state index contributed by atoms with van der Waals surface area (Å²) in [5, 5.41) is 3.40. The van der Waals surface area contributed by atoms with E-state index in [1.807, 2.05) is 0 Å². The Morgan fingerprint density at radius 1 is 0.867 bits per heavy atom. The molecule has 2 heteroatoms. The highest BCUT2D eigenvalue weighted by Crippen LogP contribution is 2.17. The summed E-state index contributed by atoms with van der Waals surface area (Å²) < 4.78 is 5.56. The maximum absolute atomic E-state index is 5.56. The van der Waals surface area contributed by atoms with Crippen molar-refractivity contribution in [1.29, 1.82) is 0 Å². The molecular formula is C13H29NO. The van der Waals surface area contributed by atoms with Gasteiger partial charge in [-0.1, -0.05) is 41.5 Å². The van der Waals surface area contributed by atoms with E-state index in [-0.39, 0.29) is 0 Å². The van der Waals surface area contributed by atoms with E-state index in [2.05, 4.69) is 46.9 Å². The predicted molar refractivity (Wildman–Crippen MR) is 67.2 cm³/mol. The van der Waals surface area contributed by atoms with E-state index in [0.717, 1.165) is 32.7 Å². The molecule has 2 nitrogen and oxygen atoms in total. The van der Waals surface area contributed by atoms with Crippen LogP contribution in [0, 0.1) is 10.8 Å². The quantitative estimate of drug-likeness (QED) is 0.688. The standard InChI is InChI=1S/C13H29NO/c1-12(2,3)7-9-15-10-8-14-11-13(4,5)6/h14H,7-11H2,1-6H3. The first-order valence-electron chi connectivity index (χ1n) is 5.99. The van der Waals surface area contributed by atoms with Gasteiger partial charge in [0.2, 0.25) is 0 Å². The molecule has 0 aliphatic heterocycles. The largest absolute Gasteiger partial charge is 0.380 e. The molecule has 1 N–H and O–H groups in total. The van der Waals surface area contributed by atoms with Gasteiger partial charge in [0.05, 0.1) is 6.61 Å². The SMILES string of the molecule is CC(C)(C)CCOCCNCC(C)(C)C. The molecule has 0 aliphatic rings. The molecule has 0 unspecified atom stereocenters. The summed E-state index contributed by atoms with van der Waals surface area (Å²) in [5.74, 6) is 0. The minimum Gasteiger partial charge on any atom is -0.380 e. The van der Waals surface area contributed by atoms with Crippen molar-refractivity contribution in [1.82, 2.24) is 5.32 Å². The third-order valence-electron chi connectivity index (χ3n) is 2.07. The fourth-order valence-electron chi connectivity index (χ4n) is 1.09. The molecule has 0 bridgehead atoms. The summed E-state index contributed by atoms with van der Waals surface area (Å²) in [6.45, 7) is 17.2. The second-order valence-corrected chi connectivity index (χ2v) is 6.66. The summed E-state index contributed by atoms with van der Waals surface area (Å²) in [7, 11) is 0. The number of ether oxygens (including phenoxy) is 1. The van der Waals surface area contributed by atoms with Gasteiger partial charge in [0.25, 0.3) is 0 Å². The predicted octanol–water partition coefficient (Wildman–Crippen LogP) is 3.07. The smallest absolute Gasteiger partial charge is 0.0590 e. The van der Waals surface area contributed by atoms with Gasteiger partial charge in [0, 0.05) is 19.7 Å².